The van der Waals surface area contributed by atoms with Gasteiger partial charge in [0.15, 0.2) is 18.1 Å². The highest BCUT2D eigenvalue weighted by molar-refractivity contribution is 5.95. The van der Waals surface area contributed by atoms with Crippen molar-refractivity contribution < 1.29 is 29.1 Å². The normalized spacial score (nSPS) is 10.5. The van der Waals surface area contributed by atoms with Gasteiger partial charge in [-0.2, -0.15) is 5.10 Å². The summed E-state index contributed by atoms with van der Waals surface area (Å²) in [5.74, 6) is -1.02. The first-order chi connectivity index (χ1) is 13.4. The lowest BCUT2D eigenvalue weighted by atomic mass is 10.2. The van der Waals surface area contributed by atoms with E-state index in [1.54, 1.807) is 19.1 Å². The number of hydrogen-bond acceptors (Lipinski definition) is 7. The number of carbonyl (C=O) groups is 2. The van der Waals surface area contributed by atoms with Crippen LogP contribution in [0, 0.1) is 10.1 Å². The number of amides is 1. The van der Waals surface area contributed by atoms with E-state index in [9.17, 15) is 19.7 Å². The first-order valence-electron chi connectivity index (χ1n) is 8.10. The van der Waals surface area contributed by atoms with Crippen LogP contribution in [0.3, 0.4) is 0 Å². The van der Waals surface area contributed by atoms with Crippen molar-refractivity contribution in [3.8, 4) is 11.5 Å². The number of carbonyl (C=O) groups excluding carboxylic acids is 1. The molecule has 0 bridgehead atoms. The van der Waals surface area contributed by atoms with Gasteiger partial charge < -0.3 is 14.6 Å². The highest BCUT2D eigenvalue weighted by Crippen LogP contribution is 2.28. The molecule has 0 aromatic heterocycles. The molecule has 2 aromatic carbocycles. The largest absolute Gasteiger partial charge is 0.490 e. The maximum Gasteiger partial charge on any atom is 0.341 e. The molecule has 0 saturated heterocycles. The number of nitro groups is 1. The molecule has 1 amide bonds. The topological polar surface area (TPSA) is 140 Å². The van der Waals surface area contributed by atoms with Crippen molar-refractivity contribution in [2.45, 2.75) is 6.92 Å². The number of nitrogens with one attached hydrogen (secondary N) is 1. The maximum atomic E-state index is 12.0. The molecule has 0 atom stereocenters. The number of ether oxygens (including phenoxy) is 2. The summed E-state index contributed by atoms with van der Waals surface area (Å²) in [6.45, 7) is 1.62. The number of nitrogens with zero attached hydrogens (tertiary/aromatic N) is 2. The smallest absolute Gasteiger partial charge is 0.341 e. The van der Waals surface area contributed by atoms with E-state index in [1.165, 1.54) is 36.5 Å². The predicted octanol–water partition coefficient (Wildman–Crippen LogP) is 2.22. The summed E-state index contributed by atoms with van der Waals surface area (Å²) >= 11 is 0. The fraction of sp³-hybridized carbons (Fsp3) is 0.167. The molecule has 0 heterocycles. The molecular weight excluding hydrogens is 370 g/mol. The maximum absolute atomic E-state index is 12.0. The van der Waals surface area contributed by atoms with Gasteiger partial charge in [0, 0.05) is 17.7 Å². The van der Waals surface area contributed by atoms with Gasteiger partial charge in [0.05, 0.1) is 17.7 Å². The number of nitro benzene ring substituents is 1. The van der Waals surface area contributed by atoms with E-state index in [0.717, 1.165) is 0 Å². The highest BCUT2D eigenvalue weighted by atomic mass is 16.6. The minimum atomic E-state index is -1.11. The fourth-order valence-corrected chi connectivity index (χ4v) is 2.10. The molecule has 2 N–H and O–H groups in total. The van der Waals surface area contributed by atoms with Crippen LogP contribution in [0.4, 0.5) is 5.69 Å². The summed E-state index contributed by atoms with van der Waals surface area (Å²) in [6, 6.07) is 9.83. The Hall–Kier alpha value is -3.95. The molecule has 10 nitrogen and oxygen atoms in total. The van der Waals surface area contributed by atoms with E-state index in [2.05, 4.69) is 10.5 Å². The van der Waals surface area contributed by atoms with Crippen LogP contribution in [0.1, 0.15) is 22.8 Å². The number of benzene rings is 2. The third-order valence-electron chi connectivity index (χ3n) is 3.34. The number of carboxylic acids is 1. The van der Waals surface area contributed by atoms with Crippen LogP contribution in [-0.2, 0) is 4.79 Å². The van der Waals surface area contributed by atoms with Gasteiger partial charge in [-0.05, 0) is 42.8 Å². The molecule has 0 aliphatic rings. The quantitative estimate of drug-likeness (QED) is 0.382. The zero-order valence-corrected chi connectivity index (χ0v) is 14.8. The summed E-state index contributed by atoms with van der Waals surface area (Å²) in [7, 11) is 0. The first-order valence-corrected chi connectivity index (χ1v) is 8.10. The van der Waals surface area contributed by atoms with Crippen molar-refractivity contribution in [1.29, 1.82) is 0 Å². The van der Waals surface area contributed by atoms with E-state index in [1.807, 2.05) is 0 Å². The second-order valence-corrected chi connectivity index (χ2v) is 5.32. The third kappa shape index (κ3) is 5.80. The lowest BCUT2D eigenvalue weighted by Crippen LogP contribution is -2.17. The fourth-order valence-electron chi connectivity index (χ4n) is 2.10. The van der Waals surface area contributed by atoms with Crippen molar-refractivity contribution >= 4 is 23.8 Å². The van der Waals surface area contributed by atoms with E-state index >= 15 is 0 Å². The van der Waals surface area contributed by atoms with E-state index < -0.39 is 23.4 Å². The molecule has 0 saturated carbocycles. The zero-order chi connectivity index (χ0) is 20.5. The van der Waals surface area contributed by atoms with E-state index in [4.69, 9.17) is 14.6 Å². The lowest BCUT2D eigenvalue weighted by molar-refractivity contribution is -0.384. The Bertz CT molecular complexity index is 895. The predicted molar refractivity (Wildman–Crippen MR) is 98.9 cm³/mol. The molecule has 0 unspecified atom stereocenters. The number of carboxylic acid groups (broad SMARTS) is 1. The van der Waals surface area contributed by atoms with Gasteiger partial charge in [0.25, 0.3) is 11.6 Å². The van der Waals surface area contributed by atoms with Gasteiger partial charge in [-0.3, -0.25) is 14.9 Å². The number of non-ortho nitro benzene ring substituents is 1. The third-order valence-corrected chi connectivity index (χ3v) is 3.34. The van der Waals surface area contributed by atoms with Gasteiger partial charge in [0.2, 0.25) is 0 Å². The van der Waals surface area contributed by atoms with Gasteiger partial charge in [-0.15, -0.1) is 0 Å². The van der Waals surface area contributed by atoms with Gasteiger partial charge >= 0.3 is 5.97 Å². The summed E-state index contributed by atoms with van der Waals surface area (Å²) in [6.07, 6.45) is 1.37. The Kier molecular flexibility index (Phi) is 7.03. The minimum Gasteiger partial charge on any atom is -0.490 e. The van der Waals surface area contributed by atoms with Crippen LogP contribution in [-0.4, -0.2) is 41.3 Å². The van der Waals surface area contributed by atoms with Crippen molar-refractivity contribution in [2.75, 3.05) is 13.2 Å². The Morgan fingerprint density at radius 3 is 2.50 bits per heavy atom. The molecule has 0 aliphatic heterocycles. The molecule has 2 rings (SSSR count). The highest BCUT2D eigenvalue weighted by Gasteiger charge is 2.10. The number of hydrogen-bond donors (Lipinski definition) is 2. The Morgan fingerprint density at radius 2 is 1.89 bits per heavy atom. The van der Waals surface area contributed by atoms with Crippen LogP contribution in [0.25, 0.3) is 0 Å². The van der Waals surface area contributed by atoms with Crippen molar-refractivity contribution in [3.63, 3.8) is 0 Å². The van der Waals surface area contributed by atoms with Crippen LogP contribution in [0.2, 0.25) is 0 Å². The van der Waals surface area contributed by atoms with E-state index in [-0.39, 0.29) is 17.0 Å². The zero-order valence-electron chi connectivity index (χ0n) is 14.8. The second-order valence-electron chi connectivity index (χ2n) is 5.32. The second kappa shape index (κ2) is 9.67. The average Bonchev–Trinajstić information content (AvgIpc) is 2.67. The number of rotatable bonds is 9. The van der Waals surface area contributed by atoms with Gasteiger partial charge in [-0.25, -0.2) is 10.2 Å². The minimum absolute atomic E-state index is 0.117. The van der Waals surface area contributed by atoms with Crippen LogP contribution < -0.4 is 14.9 Å². The molecule has 0 fully saturated rings. The van der Waals surface area contributed by atoms with Crippen LogP contribution >= 0.6 is 0 Å². The number of hydrazone groups is 1. The first kappa shape index (κ1) is 20.4. The standard InChI is InChI=1S/C18H17N3O7/c1-2-27-16-9-12(3-8-15(16)28-11-17(22)23)10-19-20-18(24)13-4-6-14(7-5-13)21(25)26/h3-10H,2,11H2,1H3,(H,20,24)(H,22,23)/b19-10-. The van der Waals surface area contributed by atoms with Crippen molar-refractivity contribution in [1.82, 2.24) is 5.43 Å². The van der Waals surface area contributed by atoms with Gasteiger partial charge in [-0.1, -0.05) is 0 Å². The molecule has 0 spiro atoms. The molecule has 0 radical (unpaired) electrons. The summed E-state index contributed by atoms with van der Waals surface area (Å²) < 4.78 is 10.6. The molecule has 0 aliphatic carbocycles. The Labute approximate surface area is 159 Å². The molecule has 10 heteroatoms. The van der Waals surface area contributed by atoms with Crippen molar-refractivity contribution in [2.24, 2.45) is 5.10 Å². The molecule has 2 aromatic rings. The molecular formula is C18H17N3O7. The Morgan fingerprint density at radius 1 is 1.18 bits per heavy atom. The summed E-state index contributed by atoms with van der Waals surface area (Å²) in [4.78, 5) is 32.7. The lowest BCUT2D eigenvalue weighted by Gasteiger charge is -2.11. The average molecular weight is 387 g/mol. The SMILES string of the molecule is CCOc1cc(/C=N\NC(=O)c2ccc([N+](=O)[O-])cc2)ccc1OCC(=O)O. The summed E-state index contributed by atoms with van der Waals surface area (Å²) in [5, 5.41) is 23.1. The number of aliphatic carboxylic acids is 1. The molecule has 28 heavy (non-hydrogen) atoms. The van der Waals surface area contributed by atoms with Crippen LogP contribution in [0.5, 0.6) is 11.5 Å². The van der Waals surface area contributed by atoms with Crippen molar-refractivity contribution in [3.05, 3.63) is 63.7 Å². The monoisotopic (exact) mass is 387 g/mol. The summed E-state index contributed by atoms with van der Waals surface area (Å²) in [5.41, 5.74) is 2.99. The van der Waals surface area contributed by atoms with Crippen LogP contribution in [0.15, 0.2) is 47.6 Å². The Balaban J connectivity index is 2.04. The van der Waals surface area contributed by atoms with E-state index in [0.29, 0.717) is 17.9 Å². The molecule has 146 valence electrons. The van der Waals surface area contributed by atoms with Gasteiger partial charge in [0.1, 0.15) is 0 Å².